The van der Waals surface area contributed by atoms with Gasteiger partial charge in [-0.3, -0.25) is 4.90 Å². The number of fused-ring (bicyclic) bond motifs is 2. The van der Waals surface area contributed by atoms with Gasteiger partial charge in [0.15, 0.2) is 0 Å². The van der Waals surface area contributed by atoms with Crippen LogP contribution in [0.5, 0.6) is 0 Å². The molecule has 5 heteroatoms. The third-order valence-corrected chi connectivity index (χ3v) is 3.94. The highest BCUT2D eigenvalue weighted by atomic mass is 16.5. The van der Waals surface area contributed by atoms with E-state index in [0.717, 1.165) is 30.5 Å². The Kier molecular flexibility index (Phi) is 3.23. The zero-order valence-electron chi connectivity index (χ0n) is 11.7. The molecule has 2 heterocycles. The Morgan fingerprint density at radius 3 is 2.70 bits per heavy atom. The van der Waals surface area contributed by atoms with E-state index in [0.29, 0.717) is 12.2 Å². The van der Waals surface area contributed by atoms with E-state index in [-0.39, 0.29) is 0 Å². The molecule has 0 unspecified atom stereocenters. The van der Waals surface area contributed by atoms with Crippen LogP contribution < -0.4 is 0 Å². The van der Waals surface area contributed by atoms with Gasteiger partial charge in [-0.25, -0.2) is 4.79 Å². The zero-order chi connectivity index (χ0) is 14.3. The molecule has 2 aromatic rings. The van der Waals surface area contributed by atoms with Crippen molar-refractivity contribution < 1.29 is 14.6 Å². The van der Waals surface area contributed by atoms with Crippen molar-refractivity contribution in [2.24, 2.45) is 7.05 Å². The molecule has 1 aromatic carbocycles. The van der Waals surface area contributed by atoms with E-state index >= 15 is 0 Å². The molecule has 1 aliphatic heterocycles. The molecular formula is C15H18N2O3. The normalized spacial score (nSPS) is 14.9. The molecule has 0 bridgehead atoms. The smallest absolute Gasteiger partial charge is 0.337 e. The van der Waals surface area contributed by atoms with Crippen LogP contribution in [0.15, 0.2) is 18.3 Å². The quantitative estimate of drug-likeness (QED) is 0.924. The molecule has 0 fully saturated rings. The minimum absolute atomic E-state index is 0.376. The van der Waals surface area contributed by atoms with Crippen LogP contribution in [0.2, 0.25) is 0 Å². The fraction of sp³-hybridized carbons (Fsp3) is 0.400. The fourth-order valence-electron chi connectivity index (χ4n) is 2.90. The van der Waals surface area contributed by atoms with Gasteiger partial charge in [-0.2, -0.15) is 0 Å². The van der Waals surface area contributed by atoms with Crippen molar-refractivity contribution in [1.29, 1.82) is 0 Å². The number of rotatable bonds is 4. The maximum absolute atomic E-state index is 11.3. The molecule has 0 amide bonds. The third-order valence-electron chi connectivity index (χ3n) is 3.94. The van der Waals surface area contributed by atoms with Crippen molar-refractivity contribution in [3.8, 4) is 0 Å². The average molecular weight is 274 g/mol. The van der Waals surface area contributed by atoms with Crippen LogP contribution in [0.1, 0.15) is 21.5 Å². The van der Waals surface area contributed by atoms with Crippen molar-refractivity contribution in [3.63, 3.8) is 0 Å². The van der Waals surface area contributed by atoms with Crippen LogP contribution in [-0.2, 0) is 24.9 Å². The number of aryl methyl sites for hydroxylation is 1. The Hall–Kier alpha value is -1.85. The van der Waals surface area contributed by atoms with Crippen LogP contribution >= 0.6 is 0 Å². The lowest BCUT2D eigenvalue weighted by Crippen LogP contribution is -2.21. The molecule has 1 aromatic heterocycles. The molecule has 106 valence electrons. The summed E-state index contributed by atoms with van der Waals surface area (Å²) in [4.78, 5) is 13.6. The number of carboxylic acids is 1. The summed E-state index contributed by atoms with van der Waals surface area (Å²) in [5, 5.41) is 10.1. The molecule has 0 spiro atoms. The van der Waals surface area contributed by atoms with Gasteiger partial charge in [-0.05, 0) is 23.3 Å². The first kappa shape index (κ1) is 13.1. The topological polar surface area (TPSA) is 54.7 Å². The van der Waals surface area contributed by atoms with E-state index in [1.807, 2.05) is 17.7 Å². The number of aromatic nitrogens is 1. The summed E-state index contributed by atoms with van der Waals surface area (Å²) in [5.74, 6) is -0.871. The van der Waals surface area contributed by atoms with Crippen molar-refractivity contribution >= 4 is 16.9 Å². The van der Waals surface area contributed by atoms with Gasteiger partial charge in [0.2, 0.25) is 0 Å². The lowest BCUT2D eigenvalue weighted by atomic mass is 10.1. The van der Waals surface area contributed by atoms with E-state index < -0.39 is 5.97 Å². The van der Waals surface area contributed by atoms with E-state index in [4.69, 9.17) is 4.74 Å². The molecule has 0 aliphatic carbocycles. The number of aromatic carboxylic acids is 1. The van der Waals surface area contributed by atoms with Gasteiger partial charge in [-0.1, -0.05) is 0 Å². The molecule has 0 saturated carbocycles. The van der Waals surface area contributed by atoms with Crippen LogP contribution in [0.4, 0.5) is 0 Å². The summed E-state index contributed by atoms with van der Waals surface area (Å²) in [5.41, 5.74) is 3.87. The van der Waals surface area contributed by atoms with E-state index in [1.54, 1.807) is 13.3 Å². The Morgan fingerprint density at radius 2 is 2.05 bits per heavy atom. The second-order valence-corrected chi connectivity index (χ2v) is 5.30. The summed E-state index contributed by atoms with van der Waals surface area (Å²) >= 11 is 0. The first-order valence-electron chi connectivity index (χ1n) is 6.65. The maximum atomic E-state index is 11.3. The summed E-state index contributed by atoms with van der Waals surface area (Å²) in [6, 6.07) is 4.14. The molecular weight excluding hydrogens is 256 g/mol. The van der Waals surface area contributed by atoms with Gasteiger partial charge in [0.1, 0.15) is 0 Å². The lowest BCUT2D eigenvalue weighted by Gasteiger charge is -2.13. The minimum atomic E-state index is -0.871. The number of ether oxygens (including phenoxy) is 1. The second kappa shape index (κ2) is 4.92. The maximum Gasteiger partial charge on any atom is 0.337 e. The molecule has 1 aliphatic rings. The second-order valence-electron chi connectivity index (χ2n) is 5.30. The highest BCUT2D eigenvalue weighted by Gasteiger charge is 2.22. The number of methoxy groups -OCH3 is 1. The highest BCUT2D eigenvalue weighted by Crippen LogP contribution is 2.30. The molecule has 3 rings (SSSR count). The first-order valence-corrected chi connectivity index (χ1v) is 6.65. The van der Waals surface area contributed by atoms with Crippen LogP contribution in [0.25, 0.3) is 10.9 Å². The standard InChI is InChI=1S/C15H18N2O3/c1-16-9-13(15(18)19)12-5-10-7-17(3-4-20-2)8-11(10)6-14(12)16/h5-6,9H,3-4,7-8H2,1-2H3,(H,18,19). The zero-order valence-corrected chi connectivity index (χ0v) is 11.7. The number of hydrogen-bond acceptors (Lipinski definition) is 3. The van der Waals surface area contributed by atoms with Crippen molar-refractivity contribution in [3.05, 3.63) is 35.0 Å². The van der Waals surface area contributed by atoms with Gasteiger partial charge in [0.25, 0.3) is 0 Å². The molecule has 1 N–H and O–H groups in total. The summed E-state index contributed by atoms with van der Waals surface area (Å²) in [6.07, 6.45) is 1.69. The van der Waals surface area contributed by atoms with Gasteiger partial charge in [0.05, 0.1) is 12.2 Å². The van der Waals surface area contributed by atoms with Crippen molar-refractivity contribution in [1.82, 2.24) is 9.47 Å². The fourth-order valence-corrected chi connectivity index (χ4v) is 2.90. The van der Waals surface area contributed by atoms with Crippen molar-refractivity contribution in [2.45, 2.75) is 13.1 Å². The van der Waals surface area contributed by atoms with Crippen LogP contribution in [0.3, 0.4) is 0 Å². The Balaban J connectivity index is 2.00. The van der Waals surface area contributed by atoms with E-state index in [9.17, 15) is 9.90 Å². The molecule has 0 saturated heterocycles. The lowest BCUT2D eigenvalue weighted by molar-refractivity contribution is 0.0699. The Bertz CT molecular complexity index is 675. The molecule has 5 nitrogen and oxygen atoms in total. The molecule has 0 radical (unpaired) electrons. The molecule has 0 atom stereocenters. The average Bonchev–Trinajstić information content (AvgIpc) is 2.95. The Labute approximate surface area is 117 Å². The number of hydrogen-bond donors (Lipinski definition) is 1. The minimum Gasteiger partial charge on any atom is -0.478 e. The number of nitrogens with zero attached hydrogens (tertiary/aromatic N) is 2. The predicted molar refractivity (Wildman–Crippen MR) is 75.9 cm³/mol. The number of carboxylic acid groups (broad SMARTS) is 1. The number of carbonyl (C=O) groups is 1. The summed E-state index contributed by atoms with van der Waals surface area (Å²) in [7, 11) is 3.59. The molecule has 20 heavy (non-hydrogen) atoms. The summed E-state index contributed by atoms with van der Waals surface area (Å²) < 4.78 is 7.00. The van der Waals surface area contributed by atoms with Crippen LogP contribution in [0, 0.1) is 0 Å². The predicted octanol–water partition coefficient (Wildman–Crippen LogP) is 1.84. The van der Waals surface area contributed by atoms with Crippen molar-refractivity contribution in [2.75, 3.05) is 20.3 Å². The SMILES string of the molecule is COCCN1Cc2cc3c(C(=O)O)cn(C)c3cc2C1. The largest absolute Gasteiger partial charge is 0.478 e. The van der Waals surface area contributed by atoms with E-state index in [2.05, 4.69) is 11.0 Å². The van der Waals surface area contributed by atoms with Gasteiger partial charge in [0, 0.05) is 50.9 Å². The van der Waals surface area contributed by atoms with Gasteiger partial charge in [-0.15, -0.1) is 0 Å². The monoisotopic (exact) mass is 274 g/mol. The third kappa shape index (κ3) is 2.09. The van der Waals surface area contributed by atoms with Gasteiger partial charge < -0.3 is 14.4 Å². The summed E-state index contributed by atoms with van der Waals surface area (Å²) in [6.45, 7) is 3.38. The Morgan fingerprint density at radius 1 is 1.35 bits per heavy atom. The van der Waals surface area contributed by atoms with Gasteiger partial charge >= 0.3 is 5.97 Å². The van der Waals surface area contributed by atoms with Crippen LogP contribution in [-0.4, -0.2) is 40.8 Å². The number of benzene rings is 1. The van der Waals surface area contributed by atoms with E-state index in [1.165, 1.54) is 11.1 Å². The first-order chi connectivity index (χ1) is 9.60. The highest BCUT2D eigenvalue weighted by molar-refractivity contribution is 6.03.